The molecule has 3 heteroatoms. The van der Waals surface area contributed by atoms with Gasteiger partial charge in [-0.3, -0.25) is 4.79 Å². The predicted molar refractivity (Wildman–Crippen MR) is 72.2 cm³/mol. The molecule has 3 fully saturated rings. The van der Waals surface area contributed by atoms with Gasteiger partial charge in [0.1, 0.15) is 0 Å². The lowest BCUT2D eigenvalue weighted by Crippen LogP contribution is -2.48. The minimum atomic E-state index is 0.420. The normalized spacial score (nSPS) is 38.6. The number of nitrogens with zero attached hydrogens (tertiary/aromatic N) is 1. The first-order valence-electron chi connectivity index (χ1n) is 7.83. The molecule has 0 bridgehead atoms. The zero-order valence-electron chi connectivity index (χ0n) is 11.5. The van der Waals surface area contributed by atoms with Crippen molar-refractivity contribution < 1.29 is 4.79 Å². The molecule has 3 atom stereocenters. The molecular formula is C15H26N2O. The van der Waals surface area contributed by atoms with Gasteiger partial charge in [-0.25, -0.2) is 0 Å². The van der Waals surface area contributed by atoms with E-state index < -0.39 is 0 Å². The van der Waals surface area contributed by atoms with Gasteiger partial charge in [0.15, 0.2) is 0 Å². The van der Waals surface area contributed by atoms with E-state index >= 15 is 0 Å². The number of piperidine rings is 1. The molecule has 18 heavy (non-hydrogen) atoms. The Morgan fingerprint density at radius 1 is 1.22 bits per heavy atom. The van der Waals surface area contributed by atoms with Gasteiger partial charge in [0, 0.05) is 25.0 Å². The molecule has 3 nitrogen and oxygen atoms in total. The van der Waals surface area contributed by atoms with Crippen LogP contribution in [0.25, 0.3) is 0 Å². The summed E-state index contributed by atoms with van der Waals surface area (Å²) in [6, 6.07) is 0.543. The maximum atomic E-state index is 12.5. The first kappa shape index (κ1) is 12.5. The predicted octanol–water partition coefficient (Wildman–Crippen LogP) is 2.02. The smallest absolute Gasteiger partial charge is 0.226 e. The molecule has 2 saturated carbocycles. The molecule has 102 valence electrons. The van der Waals surface area contributed by atoms with Crippen molar-refractivity contribution in [1.29, 1.82) is 0 Å². The first-order chi connectivity index (χ1) is 8.81. The molecule has 1 amide bonds. The van der Waals surface area contributed by atoms with Crippen LogP contribution in [0.1, 0.15) is 45.4 Å². The van der Waals surface area contributed by atoms with E-state index in [1.165, 1.54) is 38.5 Å². The van der Waals surface area contributed by atoms with E-state index in [1.807, 2.05) is 0 Å². The molecule has 1 saturated heterocycles. The van der Waals surface area contributed by atoms with Crippen LogP contribution in [-0.4, -0.2) is 36.5 Å². The van der Waals surface area contributed by atoms with Crippen molar-refractivity contribution in [2.24, 2.45) is 17.8 Å². The minimum absolute atomic E-state index is 0.420. The summed E-state index contributed by atoms with van der Waals surface area (Å²) in [7, 11) is 0. The van der Waals surface area contributed by atoms with E-state index in [-0.39, 0.29) is 0 Å². The number of hydrogen-bond acceptors (Lipinski definition) is 2. The average Bonchev–Trinajstić information content (AvgIpc) is 2.88. The van der Waals surface area contributed by atoms with Gasteiger partial charge < -0.3 is 10.2 Å². The largest absolute Gasteiger partial charge is 0.341 e. The third-order valence-electron chi connectivity index (χ3n) is 5.11. The highest BCUT2D eigenvalue weighted by Gasteiger charge is 2.57. The summed E-state index contributed by atoms with van der Waals surface area (Å²) in [5.74, 6) is 2.43. The summed E-state index contributed by atoms with van der Waals surface area (Å²) in [5.41, 5.74) is 0. The van der Waals surface area contributed by atoms with Crippen LogP contribution in [0, 0.1) is 17.8 Å². The average molecular weight is 250 g/mol. The highest BCUT2D eigenvalue weighted by atomic mass is 16.2. The molecule has 0 aromatic carbocycles. The van der Waals surface area contributed by atoms with Crippen LogP contribution in [0.4, 0.5) is 0 Å². The summed E-state index contributed by atoms with van der Waals surface area (Å²) >= 11 is 0. The van der Waals surface area contributed by atoms with Gasteiger partial charge in [-0.05, 0) is 50.5 Å². The molecule has 1 aliphatic heterocycles. The molecule has 0 aromatic heterocycles. The van der Waals surface area contributed by atoms with Gasteiger partial charge in [-0.15, -0.1) is 0 Å². The Morgan fingerprint density at radius 2 is 2.00 bits per heavy atom. The number of hydrogen-bond donors (Lipinski definition) is 1. The van der Waals surface area contributed by atoms with Crippen molar-refractivity contribution in [3.05, 3.63) is 0 Å². The molecule has 2 aliphatic carbocycles. The van der Waals surface area contributed by atoms with Crippen molar-refractivity contribution in [1.82, 2.24) is 10.2 Å². The van der Waals surface area contributed by atoms with Crippen molar-refractivity contribution in [3.63, 3.8) is 0 Å². The van der Waals surface area contributed by atoms with E-state index in [0.29, 0.717) is 17.9 Å². The Balaban J connectivity index is 1.51. The molecule has 0 spiro atoms. The number of carbonyl (C=O) groups is 1. The lowest BCUT2D eigenvalue weighted by molar-refractivity contribution is -0.134. The zero-order valence-corrected chi connectivity index (χ0v) is 11.5. The van der Waals surface area contributed by atoms with Crippen molar-refractivity contribution >= 4 is 5.91 Å². The van der Waals surface area contributed by atoms with Crippen molar-refractivity contribution in [2.45, 2.75) is 51.5 Å². The summed E-state index contributed by atoms with van der Waals surface area (Å²) < 4.78 is 0. The number of amides is 1. The summed E-state index contributed by atoms with van der Waals surface area (Å²) in [4.78, 5) is 14.6. The van der Waals surface area contributed by atoms with E-state index in [4.69, 9.17) is 0 Å². The molecule has 1 heterocycles. The van der Waals surface area contributed by atoms with Crippen LogP contribution in [0.3, 0.4) is 0 Å². The fourth-order valence-electron chi connectivity index (χ4n) is 4.09. The molecule has 3 unspecified atom stereocenters. The number of nitrogens with one attached hydrogen (secondary N) is 1. The fraction of sp³-hybridized carbons (Fsp3) is 0.933. The Hall–Kier alpha value is -0.570. The monoisotopic (exact) mass is 250 g/mol. The topological polar surface area (TPSA) is 32.3 Å². The summed E-state index contributed by atoms with van der Waals surface area (Å²) in [6.07, 6.45) is 7.58. The fourth-order valence-corrected chi connectivity index (χ4v) is 4.09. The Bertz CT molecular complexity index is 308. The molecule has 1 N–H and O–H groups in total. The second-order valence-electron chi connectivity index (χ2n) is 6.36. The van der Waals surface area contributed by atoms with Crippen molar-refractivity contribution in [2.75, 3.05) is 19.6 Å². The SMILES string of the molecule is CCCNC1CCCN(C(=O)C2C3CCCC32)C1. The summed E-state index contributed by atoms with van der Waals surface area (Å²) in [6.45, 7) is 5.24. The Morgan fingerprint density at radius 3 is 2.72 bits per heavy atom. The second kappa shape index (κ2) is 5.20. The van der Waals surface area contributed by atoms with Crippen LogP contribution in [0.2, 0.25) is 0 Å². The maximum Gasteiger partial charge on any atom is 0.226 e. The lowest BCUT2D eigenvalue weighted by Gasteiger charge is -2.33. The maximum absolute atomic E-state index is 12.5. The van der Waals surface area contributed by atoms with Crippen LogP contribution >= 0.6 is 0 Å². The number of likely N-dealkylation sites (tertiary alicyclic amines) is 1. The Kier molecular flexibility index (Phi) is 3.60. The van der Waals surface area contributed by atoms with Crippen LogP contribution in [-0.2, 0) is 4.79 Å². The van der Waals surface area contributed by atoms with Gasteiger partial charge in [-0.2, -0.15) is 0 Å². The van der Waals surface area contributed by atoms with Crippen LogP contribution < -0.4 is 5.32 Å². The van der Waals surface area contributed by atoms with Crippen molar-refractivity contribution in [3.8, 4) is 0 Å². The lowest BCUT2D eigenvalue weighted by atomic mass is 10.0. The molecule has 3 rings (SSSR count). The third kappa shape index (κ3) is 2.29. The summed E-state index contributed by atoms with van der Waals surface area (Å²) in [5, 5.41) is 3.57. The van der Waals surface area contributed by atoms with E-state index in [1.54, 1.807) is 0 Å². The molecule has 0 aromatic rings. The number of fused-ring (bicyclic) bond motifs is 1. The Labute approximate surface area is 110 Å². The third-order valence-corrected chi connectivity index (χ3v) is 5.11. The van der Waals surface area contributed by atoms with Gasteiger partial charge >= 0.3 is 0 Å². The van der Waals surface area contributed by atoms with Crippen LogP contribution in [0.15, 0.2) is 0 Å². The van der Waals surface area contributed by atoms with Crippen LogP contribution in [0.5, 0.6) is 0 Å². The standard InChI is InChI=1S/C15H26N2O/c1-2-8-16-11-5-4-9-17(10-11)15(18)14-12-6-3-7-13(12)14/h11-14,16H,2-10H2,1H3. The second-order valence-corrected chi connectivity index (χ2v) is 6.36. The van der Waals surface area contributed by atoms with Gasteiger partial charge in [0.25, 0.3) is 0 Å². The van der Waals surface area contributed by atoms with E-state index in [0.717, 1.165) is 31.5 Å². The minimum Gasteiger partial charge on any atom is -0.341 e. The molecular weight excluding hydrogens is 224 g/mol. The van der Waals surface area contributed by atoms with E-state index in [2.05, 4.69) is 17.1 Å². The molecule has 0 radical (unpaired) electrons. The number of rotatable bonds is 4. The van der Waals surface area contributed by atoms with Gasteiger partial charge in [-0.1, -0.05) is 13.3 Å². The highest BCUT2D eigenvalue weighted by Crippen LogP contribution is 2.58. The van der Waals surface area contributed by atoms with Gasteiger partial charge in [0.05, 0.1) is 0 Å². The molecule has 3 aliphatic rings. The van der Waals surface area contributed by atoms with E-state index in [9.17, 15) is 4.79 Å². The van der Waals surface area contributed by atoms with Gasteiger partial charge in [0.2, 0.25) is 5.91 Å². The zero-order chi connectivity index (χ0) is 12.5. The first-order valence-corrected chi connectivity index (χ1v) is 7.83. The highest BCUT2D eigenvalue weighted by molar-refractivity contribution is 5.82. The number of carbonyl (C=O) groups excluding carboxylic acids is 1. The quantitative estimate of drug-likeness (QED) is 0.828.